The predicted octanol–water partition coefficient (Wildman–Crippen LogP) is 0.0284. The fraction of sp³-hybridized carbons (Fsp3) is 0.778. The molecule has 0 spiro atoms. The summed E-state index contributed by atoms with van der Waals surface area (Å²) in [6, 6.07) is 0. The first-order chi connectivity index (χ1) is 8.38. The third kappa shape index (κ3) is 5.99. The summed E-state index contributed by atoms with van der Waals surface area (Å²) in [6.45, 7) is -0.249. The predicted molar refractivity (Wildman–Crippen MR) is 64.5 cm³/mol. The maximum absolute atomic E-state index is 11.8. The first-order valence-corrected chi connectivity index (χ1v) is 6.50. The summed E-state index contributed by atoms with van der Waals surface area (Å²) in [5.74, 6) is 1.27. The Hall–Kier alpha value is -1.12. The van der Waals surface area contributed by atoms with E-state index in [0.717, 1.165) is 24.6 Å². The lowest BCUT2D eigenvalue weighted by Gasteiger charge is -2.27. The number of alkyl halides is 3. The molecular weight excluding hydrogens is 269 g/mol. The van der Waals surface area contributed by atoms with Gasteiger partial charge in [0.15, 0.2) is 5.96 Å². The Morgan fingerprint density at radius 2 is 2.00 bits per heavy atom. The van der Waals surface area contributed by atoms with Gasteiger partial charge in [-0.3, -0.25) is 4.79 Å². The SMILES string of the molecule is NC(=NCC(=O)NCC(F)(F)F)N1CCSCC1. The van der Waals surface area contributed by atoms with Crippen LogP contribution in [0.1, 0.15) is 0 Å². The molecule has 0 aromatic heterocycles. The van der Waals surface area contributed by atoms with E-state index in [2.05, 4.69) is 4.99 Å². The van der Waals surface area contributed by atoms with E-state index >= 15 is 0 Å². The number of amides is 1. The van der Waals surface area contributed by atoms with Crippen LogP contribution in [0.25, 0.3) is 0 Å². The number of thioether (sulfide) groups is 1. The van der Waals surface area contributed by atoms with Crippen molar-refractivity contribution in [2.45, 2.75) is 6.18 Å². The van der Waals surface area contributed by atoms with Crippen molar-refractivity contribution in [3.05, 3.63) is 0 Å². The molecule has 1 saturated heterocycles. The van der Waals surface area contributed by atoms with Gasteiger partial charge in [-0.2, -0.15) is 24.9 Å². The van der Waals surface area contributed by atoms with Gasteiger partial charge in [-0.1, -0.05) is 0 Å². The van der Waals surface area contributed by atoms with E-state index < -0.39 is 18.6 Å². The van der Waals surface area contributed by atoms with Crippen molar-refractivity contribution < 1.29 is 18.0 Å². The number of carbonyl (C=O) groups is 1. The zero-order chi connectivity index (χ0) is 13.6. The van der Waals surface area contributed by atoms with Crippen LogP contribution in [0, 0.1) is 0 Å². The zero-order valence-corrected chi connectivity index (χ0v) is 10.5. The number of nitrogens with one attached hydrogen (secondary N) is 1. The highest BCUT2D eigenvalue weighted by atomic mass is 32.2. The summed E-state index contributed by atoms with van der Waals surface area (Å²) < 4.78 is 35.5. The van der Waals surface area contributed by atoms with Gasteiger partial charge in [0.1, 0.15) is 13.1 Å². The van der Waals surface area contributed by atoms with E-state index in [1.807, 2.05) is 4.90 Å². The zero-order valence-electron chi connectivity index (χ0n) is 9.66. The molecule has 0 aromatic rings. The van der Waals surface area contributed by atoms with Crippen LogP contribution in [-0.4, -0.2) is 60.6 Å². The molecule has 0 unspecified atom stereocenters. The number of hydrogen-bond donors (Lipinski definition) is 2. The number of guanidine groups is 1. The van der Waals surface area contributed by atoms with E-state index in [4.69, 9.17) is 5.73 Å². The van der Waals surface area contributed by atoms with Gasteiger partial charge in [0, 0.05) is 24.6 Å². The maximum Gasteiger partial charge on any atom is 0.405 e. The van der Waals surface area contributed by atoms with Gasteiger partial charge in [0.25, 0.3) is 0 Å². The summed E-state index contributed by atoms with van der Waals surface area (Å²) in [7, 11) is 0. The van der Waals surface area contributed by atoms with Gasteiger partial charge in [-0.15, -0.1) is 0 Å². The Labute approximate surface area is 107 Å². The van der Waals surface area contributed by atoms with Crippen LogP contribution in [0.4, 0.5) is 13.2 Å². The minimum atomic E-state index is -4.41. The second-order valence-corrected chi connectivity index (χ2v) is 4.89. The lowest BCUT2D eigenvalue weighted by molar-refractivity contribution is -0.137. The molecule has 1 aliphatic rings. The molecule has 18 heavy (non-hydrogen) atoms. The molecule has 1 rings (SSSR count). The van der Waals surface area contributed by atoms with Gasteiger partial charge >= 0.3 is 6.18 Å². The minimum Gasteiger partial charge on any atom is -0.370 e. The molecule has 9 heteroatoms. The summed E-state index contributed by atoms with van der Waals surface area (Å²) in [5.41, 5.74) is 5.64. The van der Waals surface area contributed by atoms with Crippen LogP contribution in [-0.2, 0) is 4.79 Å². The number of carbonyl (C=O) groups excluding carboxylic acids is 1. The second kappa shape index (κ2) is 6.72. The van der Waals surface area contributed by atoms with Gasteiger partial charge in [0.2, 0.25) is 5.91 Å². The topological polar surface area (TPSA) is 70.7 Å². The number of aliphatic imine (C=N–C) groups is 1. The number of nitrogens with zero attached hydrogens (tertiary/aromatic N) is 2. The normalized spacial score (nSPS) is 17.7. The minimum absolute atomic E-state index is 0.206. The standard InChI is InChI=1S/C9H15F3N4OS/c10-9(11,12)6-15-7(17)5-14-8(13)16-1-3-18-4-2-16/h1-6H2,(H2,13,14)(H,15,17). The fourth-order valence-electron chi connectivity index (χ4n) is 1.30. The van der Waals surface area contributed by atoms with E-state index in [1.54, 1.807) is 17.1 Å². The first-order valence-electron chi connectivity index (χ1n) is 5.34. The van der Waals surface area contributed by atoms with Crippen molar-refractivity contribution in [2.24, 2.45) is 10.7 Å². The fourth-order valence-corrected chi connectivity index (χ4v) is 2.20. The summed E-state index contributed by atoms with van der Waals surface area (Å²) >= 11 is 1.79. The van der Waals surface area contributed by atoms with Crippen molar-refractivity contribution in [3.63, 3.8) is 0 Å². The second-order valence-electron chi connectivity index (χ2n) is 3.67. The Morgan fingerprint density at radius 1 is 1.39 bits per heavy atom. The van der Waals surface area contributed by atoms with Gasteiger partial charge in [-0.05, 0) is 0 Å². The molecule has 0 atom stereocenters. The van der Waals surface area contributed by atoms with Crippen molar-refractivity contribution >= 4 is 23.6 Å². The number of halogens is 3. The van der Waals surface area contributed by atoms with Crippen LogP contribution in [0.3, 0.4) is 0 Å². The Morgan fingerprint density at radius 3 is 2.56 bits per heavy atom. The molecule has 0 bridgehead atoms. The highest BCUT2D eigenvalue weighted by molar-refractivity contribution is 7.99. The first kappa shape index (κ1) is 14.9. The van der Waals surface area contributed by atoms with Crippen molar-refractivity contribution in [3.8, 4) is 0 Å². The summed E-state index contributed by atoms with van der Waals surface area (Å²) in [4.78, 5) is 16.7. The van der Waals surface area contributed by atoms with Crippen LogP contribution in [0.5, 0.6) is 0 Å². The molecule has 1 aliphatic heterocycles. The van der Waals surface area contributed by atoms with Gasteiger partial charge in [0.05, 0.1) is 0 Å². The van der Waals surface area contributed by atoms with Crippen molar-refractivity contribution in [1.29, 1.82) is 0 Å². The van der Waals surface area contributed by atoms with E-state index in [9.17, 15) is 18.0 Å². The van der Waals surface area contributed by atoms with E-state index in [0.29, 0.717) is 0 Å². The molecule has 0 radical (unpaired) electrons. The van der Waals surface area contributed by atoms with Crippen LogP contribution in [0.15, 0.2) is 4.99 Å². The molecule has 3 N–H and O–H groups in total. The third-order valence-electron chi connectivity index (χ3n) is 2.21. The van der Waals surface area contributed by atoms with E-state index in [1.165, 1.54) is 0 Å². The molecule has 104 valence electrons. The molecule has 0 saturated carbocycles. The number of nitrogens with two attached hydrogens (primary N) is 1. The highest BCUT2D eigenvalue weighted by Crippen LogP contribution is 2.12. The maximum atomic E-state index is 11.8. The Bertz CT molecular complexity index is 315. The monoisotopic (exact) mass is 284 g/mol. The van der Waals surface area contributed by atoms with Gasteiger partial charge < -0.3 is 16.0 Å². The molecule has 5 nitrogen and oxygen atoms in total. The van der Waals surface area contributed by atoms with Crippen molar-refractivity contribution in [1.82, 2.24) is 10.2 Å². The summed E-state index contributed by atoms with van der Waals surface area (Å²) in [5, 5.41) is 1.73. The Kier molecular flexibility index (Phi) is 5.57. The molecule has 0 aliphatic carbocycles. The summed E-state index contributed by atoms with van der Waals surface area (Å²) in [6.07, 6.45) is -4.41. The number of rotatable bonds is 3. The smallest absolute Gasteiger partial charge is 0.370 e. The molecular formula is C9H15F3N4OS. The van der Waals surface area contributed by atoms with Crippen LogP contribution in [0.2, 0.25) is 0 Å². The quantitative estimate of drug-likeness (QED) is 0.566. The highest BCUT2D eigenvalue weighted by Gasteiger charge is 2.27. The molecule has 1 amide bonds. The third-order valence-corrected chi connectivity index (χ3v) is 3.15. The molecule has 0 aromatic carbocycles. The molecule has 1 fully saturated rings. The van der Waals surface area contributed by atoms with E-state index in [-0.39, 0.29) is 12.5 Å². The van der Waals surface area contributed by atoms with Gasteiger partial charge in [-0.25, -0.2) is 4.99 Å². The van der Waals surface area contributed by atoms with Crippen LogP contribution < -0.4 is 11.1 Å². The number of hydrogen-bond acceptors (Lipinski definition) is 3. The lowest BCUT2D eigenvalue weighted by atomic mass is 10.5. The van der Waals surface area contributed by atoms with Crippen LogP contribution >= 0.6 is 11.8 Å². The average molecular weight is 284 g/mol. The average Bonchev–Trinajstić information content (AvgIpc) is 2.33. The van der Waals surface area contributed by atoms with Crippen molar-refractivity contribution in [2.75, 3.05) is 37.7 Å². The Balaban J connectivity index is 2.31. The largest absolute Gasteiger partial charge is 0.405 e. The molecule has 1 heterocycles. The lowest BCUT2D eigenvalue weighted by Crippen LogP contribution is -2.43.